The van der Waals surface area contributed by atoms with Gasteiger partial charge in [0.1, 0.15) is 0 Å². The minimum atomic E-state index is 0.420. The van der Waals surface area contributed by atoms with Gasteiger partial charge in [-0.1, -0.05) is 0 Å². The predicted octanol–water partition coefficient (Wildman–Crippen LogP) is 3.19. The smallest absolute Gasteiger partial charge is 0.0798 e. The van der Waals surface area contributed by atoms with Crippen LogP contribution in [0.25, 0.3) is 0 Å². The molecule has 0 radical (unpaired) electrons. The van der Waals surface area contributed by atoms with Gasteiger partial charge in [-0.05, 0) is 32.6 Å². The minimum absolute atomic E-state index is 0.420. The van der Waals surface area contributed by atoms with E-state index in [0.717, 1.165) is 51.0 Å². The fourth-order valence-corrected chi connectivity index (χ4v) is 4.43. The third kappa shape index (κ3) is 3.41. The molecule has 3 heterocycles. The van der Waals surface area contributed by atoms with E-state index in [-0.39, 0.29) is 0 Å². The van der Waals surface area contributed by atoms with Crippen molar-refractivity contribution in [1.82, 2.24) is 19.7 Å². The standard InChI is InChI=1S/C18H26N4OS/c1-3-23-11-16-9-21(10-17-13(2)19-12-24-17)8-15-6-20-22(18(15)16)7-14-4-5-14/h6,12,14,16H,3-5,7-11H2,1-2H3/t16-/m0/s1. The molecule has 0 unspecified atom stereocenters. The molecule has 0 bridgehead atoms. The molecule has 2 aliphatic rings. The van der Waals surface area contributed by atoms with Crippen LogP contribution in [0, 0.1) is 12.8 Å². The molecule has 1 saturated carbocycles. The van der Waals surface area contributed by atoms with Gasteiger partial charge >= 0.3 is 0 Å². The van der Waals surface area contributed by atoms with Crippen molar-refractivity contribution in [3.8, 4) is 0 Å². The highest BCUT2D eigenvalue weighted by Crippen LogP contribution is 2.35. The average Bonchev–Trinajstić information content (AvgIpc) is 3.17. The number of aromatic nitrogens is 3. The summed E-state index contributed by atoms with van der Waals surface area (Å²) < 4.78 is 8.07. The van der Waals surface area contributed by atoms with Crippen LogP contribution < -0.4 is 0 Å². The largest absolute Gasteiger partial charge is 0.381 e. The molecule has 1 fully saturated rings. The first-order chi connectivity index (χ1) is 11.7. The van der Waals surface area contributed by atoms with E-state index in [4.69, 9.17) is 9.84 Å². The number of nitrogens with zero attached hydrogens (tertiary/aromatic N) is 4. The number of thiazole rings is 1. The number of aryl methyl sites for hydroxylation is 1. The van der Waals surface area contributed by atoms with Crippen LogP contribution >= 0.6 is 11.3 Å². The van der Waals surface area contributed by atoms with Crippen LogP contribution in [0.2, 0.25) is 0 Å². The molecule has 0 N–H and O–H groups in total. The van der Waals surface area contributed by atoms with Crippen molar-refractivity contribution in [2.24, 2.45) is 5.92 Å². The number of hydrogen-bond donors (Lipinski definition) is 0. The molecule has 0 aromatic carbocycles. The van der Waals surface area contributed by atoms with E-state index in [9.17, 15) is 0 Å². The third-order valence-corrected chi connectivity index (χ3v) is 6.00. The molecule has 0 saturated heterocycles. The molecule has 130 valence electrons. The zero-order valence-electron chi connectivity index (χ0n) is 14.6. The van der Waals surface area contributed by atoms with Crippen molar-refractivity contribution in [2.45, 2.75) is 52.2 Å². The maximum atomic E-state index is 5.80. The maximum absolute atomic E-state index is 5.80. The van der Waals surface area contributed by atoms with Crippen molar-refractivity contribution >= 4 is 11.3 Å². The number of hydrogen-bond acceptors (Lipinski definition) is 5. The Morgan fingerprint density at radius 1 is 1.38 bits per heavy atom. The lowest BCUT2D eigenvalue weighted by molar-refractivity contribution is 0.102. The van der Waals surface area contributed by atoms with Crippen LogP contribution in [-0.2, 0) is 24.4 Å². The fourth-order valence-electron chi connectivity index (χ4n) is 3.62. The highest BCUT2D eigenvalue weighted by Gasteiger charge is 2.32. The van der Waals surface area contributed by atoms with Crippen molar-refractivity contribution in [3.05, 3.63) is 33.5 Å². The Balaban J connectivity index is 1.54. The van der Waals surface area contributed by atoms with Gasteiger partial charge in [0.05, 0.1) is 24.0 Å². The minimum Gasteiger partial charge on any atom is -0.381 e. The first-order valence-electron chi connectivity index (χ1n) is 8.98. The van der Waals surface area contributed by atoms with Gasteiger partial charge in [-0.3, -0.25) is 9.58 Å². The van der Waals surface area contributed by atoms with Crippen LogP contribution in [0.15, 0.2) is 11.7 Å². The molecule has 5 nitrogen and oxygen atoms in total. The number of rotatable bonds is 7. The van der Waals surface area contributed by atoms with E-state index >= 15 is 0 Å². The monoisotopic (exact) mass is 346 g/mol. The molecular weight excluding hydrogens is 320 g/mol. The van der Waals surface area contributed by atoms with Crippen molar-refractivity contribution in [2.75, 3.05) is 19.8 Å². The molecule has 2 aromatic rings. The van der Waals surface area contributed by atoms with E-state index in [0.29, 0.717) is 5.92 Å². The quantitative estimate of drug-likeness (QED) is 0.772. The normalized spacial score (nSPS) is 21.2. The van der Waals surface area contributed by atoms with Gasteiger partial charge in [0, 0.05) is 54.8 Å². The lowest BCUT2D eigenvalue weighted by atomic mass is 9.96. The Bertz CT molecular complexity index is 691. The second-order valence-electron chi connectivity index (χ2n) is 7.07. The average molecular weight is 347 g/mol. The van der Waals surface area contributed by atoms with Gasteiger partial charge in [-0.15, -0.1) is 11.3 Å². The van der Waals surface area contributed by atoms with Gasteiger partial charge in [-0.2, -0.15) is 5.10 Å². The molecule has 1 atom stereocenters. The molecule has 6 heteroatoms. The number of ether oxygens (including phenoxy) is 1. The van der Waals surface area contributed by atoms with Crippen molar-refractivity contribution in [1.29, 1.82) is 0 Å². The lowest BCUT2D eigenvalue weighted by Gasteiger charge is -2.33. The molecule has 1 aliphatic carbocycles. The summed E-state index contributed by atoms with van der Waals surface area (Å²) in [6.07, 6.45) is 4.81. The van der Waals surface area contributed by atoms with E-state index in [1.807, 2.05) is 5.51 Å². The zero-order chi connectivity index (χ0) is 16.5. The lowest BCUT2D eigenvalue weighted by Crippen LogP contribution is -2.36. The highest BCUT2D eigenvalue weighted by molar-refractivity contribution is 7.09. The van der Waals surface area contributed by atoms with E-state index in [1.165, 1.54) is 29.0 Å². The van der Waals surface area contributed by atoms with E-state index in [2.05, 4.69) is 34.6 Å². The zero-order valence-corrected chi connectivity index (χ0v) is 15.4. The van der Waals surface area contributed by atoms with Gasteiger partial charge in [-0.25, -0.2) is 4.98 Å². The molecule has 24 heavy (non-hydrogen) atoms. The molecule has 0 amide bonds. The summed E-state index contributed by atoms with van der Waals surface area (Å²) in [5, 5.41) is 4.71. The first-order valence-corrected chi connectivity index (χ1v) is 9.86. The molecule has 1 aliphatic heterocycles. The predicted molar refractivity (Wildman–Crippen MR) is 95.2 cm³/mol. The molecule has 0 spiro atoms. The maximum Gasteiger partial charge on any atom is 0.0798 e. The van der Waals surface area contributed by atoms with Crippen LogP contribution in [0.5, 0.6) is 0 Å². The molecule has 2 aromatic heterocycles. The van der Waals surface area contributed by atoms with Gasteiger partial charge in [0.2, 0.25) is 0 Å². The Morgan fingerprint density at radius 2 is 2.25 bits per heavy atom. The van der Waals surface area contributed by atoms with Crippen LogP contribution in [0.1, 0.15) is 47.5 Å². The number of fused-ring (bicyclic) bond motifs is 1. The summed E-state index contributed by atoms with van der Waals surface area (Å²) in [6, 6.07) is 0. The highest BCUT2D eigenvalue weighted by atomic mass is 32.1. The molecule has 4 rings (SSSR count). The van der Waals surface area contributed by atoms with Crippen LogP contribution in [0.4, 0.5) is 0 Å². The summed E-state index contributed by atoms with van der Waals surface area (Å²) in [6.45, 7) is 9.84. The second-order valence-corrected chi connectivity index (χ2v) is 8.01. The van der Waals surface area contributed by atoms with E-state index < -0.39 is 0 Å². The summed E-state index contributed by atoms with van der Waals surface area (Å²) in [5.74, 6) is 1.27. The Hall–Kier alpha value is -1.24. The van der Waals surface area contributed by atoms with Crippen molar-refractivity contribution < 1.29 is 4.74 Å². The fraction of sp³-hybridized carbons (Fsp3) is 0.667. The van der Waals surface area contributed by atoms with Crippen LogP contribution in [-0.4, -0.2) is 39.4 Å². The van der Waals surface area contributed by atoms with E-state index in [1.54, 1.807) is 11.3 Å². The summed E-state index contributed by atoms with van der Waals surface area (Å²) >= 11 is 1.76. The van der Waals surface area contributed by atoms with Gasteiger partial charge in [0.15, 0.2) is 0 Å². The third-order valence-electron chi connectivity index (χ3n) is 5.08. The van der Waals surface area contributed by atoms with Gasteiger partial charge < -0.3 is 4.74 Å². The van der Waals surface area contributed by atoms with Crippen LogP contribution in [0.3, 0.4) is 0 Å². The first kappa shape index (κ1) is 16.2. The summed E-state index contributed by atoms with van der Waals surface area (Å²) in [4.78, 5) is 8.29. The SMILES string of the molecule is CCOC[C@@H]1CN(Cc2scnc2C)Cc2cnn(CC3CC3)c21. The Labute approximate surface area is 147 Å². The summed E-state index contributed by atoms with van der Waals surface area (Å²) in [5.41, 5.74) is 5.92. The van der Waals surface area contributed by atoms with Gasteiger partial charge in [0.25, 0.3) is 0 Å². The second kappa shape index (κ2) is 6.94. The Morgan fingerprint density at radius 3 is 2.96 bits per heavy atom. The summed E-state index contributed by atoms with van der Waals surface area (Å²) in [7, 11) is 0. The molecular formula is C18H26N4OS. The Kier molecular flexibility index (Phi) is 4.70. The topological polar surface area (TPSA) is 43.2 Å². The van der Waals surface area contributed by atoms with Crippen molar-refractivity contribution in [3.63, 3.8) is 0 Å².